The van der Waals surface area contributed by atoms with E-state index < -0.39 is 0 Å². The van der Waals surface area contributed by atoms with Crippen LogP contribution in [0.3, 0.4) is 0 Å². The number of ether oxygens (including phenoxy) is 3. The normalized spacial score (nSPS) is 17.0. The minimum Gasteiger partial charge on any atom is -0.473 e. The highest BCUT2D eigenvalue weighted by molar-refractivity contribution is 5.31. The average Bonchev–Trinajstić information content (AvgIpc) is 3.12. The van der Waals surface area contributed by atoms with Gasteiger partial charge in [0.05, 0.1) is 13.2 Å². The molecule has 45 heavy (non-hydrogen) atoms. The van der Waals surface area contributed by atoms with E-state index in [1.807, 2.05) is 0 Å². The standard InChI is InChI=1S/C40H74N2O3/c1-5-9-11-13-15-17-19-21-23-25-27-33-41(7-3)39-35-43-36-40(45-38-31-29-37(44-39)30-32-38)42(8-4)34-28-26-24-22-20-18-16-14-12-10-6-2/h29-32,39-40H,5-28,33-36H2,1-4H3. The maximum absolute atomic E-state index is 6.50. The van der Waals surface area contributed by atoms with Gasteiger partial charge in [0.25, 0.3) is 0 Å². The van der Waals surface area contributed by atoms with Crippen molar-refractivity contribution in [3.63, 3.8) is 0 Å². The number of nitrogens with zero attached hydrogens (tertiary/aromatic N) is 2. The van der Waals surface area contributed by atoms with Crippen LogP contribution in [0.25, 0.3) is 0 Å². The van der Waals surface area contributed by atoms with Gasteiger partial charge in [0.15, 0.2) is 12.5 Å². The van der Waals surface area contributed by atoms with Crippen molar-refractivity contribution in [2.24, 2.45) is 0 Å². The van der Waals surface area contributed by atoms with Gasteiger partial charge in [0.2, 0.25) is 0 Å². The van der Waals surface area contributed by atoms with Crippen LogP contribution in [-0.4, -0.2) is 61.6 Å². The summed E-state index contributed by atoms with van der Waals surface area (Å²) in [5.74, 6) is 1.78. The van der Waals surface area contributed by atoms with E-state index in [9.17, 15) is 0 Å². The number of hydrogen-bond donors (Lipinski definition) is 0. The Kier molecular flexibility index (Phi) is 24.6. The second kappa shape index (κ2) is 27.8. The molecule has 2 aliphatic rings. The molecule has 0 radical (unpaired) electrons. The van der Waals surface area contributed by atoms with Crippen molar-refractivity contribution in [2.45, 2.75) is 181 Å². The molecule has 2 bridgehead atoms. The lowest BCUT2D eigenvalue weighted by atomic mass is 10.1. The SMILES string of the molecule is CCCCCCCCCCCCCN(CC)C1COCC(N(CC)CCCCCCCCCCCCC)Oc2ccc(cc2)O1. The second-order valence-electron chi connectivity index (χ2n) is 13.5. The predicted molar refractivity (Wildman–Crippen MR) is 194 cm³/mol. The van der Waals surface area contributed by atoms with Crippen LogP contribution in [0.15, 0.2) is 24.3 Å². The molecule has 0 N–H and O–H groups in total. The molecular weight excluding hydrogens is 556 g/mol. The minimum atomic E-state index is -0.0792. The maximum atomic E-state index is 6.50. The maximum Gasteiger partial charge on any atom is 0.176 e. The molecule has 0 saturated heterocycles. The van der Waals surface area contributed by atoms with Crippen molar-refractivity contribution in [2.75, 3.05) is 39.4 Å². The van der Waals surface area contributed by atoms with Crippen molar-refractivity contribution in [1.29, 1.82) is 0 Å². The molecule has 0 aliphatic carbocycles. The van der Waals surface area contributed by atoms with Crippen molar-refractivity contribution in [3.8, 4) is 11.5 Å². The molecule has 0 spiro atoms. The minimum absolute atomic E-state index is 0.0792. The Bertz CT molecular complexity index is 710. The van der Waals surface area contributed by atoms with Gasteiger partial charge in [-0.05, 0) is 50.2 Å². The largest absolute Gasteiger partial charge is 0.473 e. The molecule has 0 amide bonds. The van der Waals surface area contributed by atoms with E-state index in [-0.39, 0.29) is 12.5 Å². The first kappa shape index (κ1) is 39.9. The Morgan fingerprint density at radius 2 is 0.733 bits per heavy atom. The van der Waals surface area contributed by atoms with Gasteiger partial charge in [0, 0.05) is 13.1 Å². The number of likely N-dealkylation sites (N-methyl/N-ethyl adjacent to an activating group) is 2. The highest BCUT2D eigenvalue weighted by atomic mass is 16.6. The summed E-state index contributed by atoms with van der Waals surface area (Å²) >= 11 is 0. The van der Waals surface area contributed by atoms with Gasteiger partial charge < -0.3 is 14.2 Å². The lowest BCUT2D eigenvalue weighted by molar-refractivity contribution is -0.0827. The van der Waals surface area contributed by atoms with Crippen LogP contribution in [0.2, 0.25) is 0 Å². The van der Waals surface area contributed by atoms with Gasteiger partial charge >= 0.3 is 0 Å². The lowest BCUT2D eigenvalue weighted by Crippen LogP contribution is -2.46. The van der Waals surface area contributed by atoms with E-state index in [1.165, 1.54) is 141 Å². The lowest BCUT2D eigenvalue weighted by Gasteiger charge is -2.32. The zero-order valence-corrected chi connectivity index (χ0v) is 30.4. The van der Waals surface area contributed by atoms with Gasteiger partial charge in [-0.15, -0.1) is 0 Å². The summed E-state index contributed by atoms with van der Waals surface area (Å²) < 4.78 is 19.4. The number of hydrogen-bond acceptors (Lipinski definition) is 5. The summed E-state index contributed by atoms with van der Waals surface area (Å²) in [6, 6.07) is 8.23. The molecule has 1 aromatic rings. The zero-order chi connectivity index (χ0) is 32.2. The number of unbranched alkanes of at least 4 members (excludes halogenated alkanes) is 20. The van der Waals surface area contributed by atoms with E-state index in [0.717, 1.165) is 37.7 Å². The average molecular weight is 631 g/mol. The molecule has 0 saturated carbocycles. The molecule has 5 nitrogen and oxygen atoms in total. The van der Waals surface area contributed by atoms with Crippen LogP contribution < -0.4 is 9.47 Å². The number of benzene rings is 1. The molecule has 1 aromatic carbocycles. The zero-order valence-electron chi connectivity index (χ0n) is 30.4. The fourth-order valence-electron chi connectivity index (χ4n) is 6.58. The number of rotatable bonds is 28. The van der Waals surface area contributed by atoms with E-state index in [0.29, 0.717) is 13.2 Å². The monoisotopic (exact) mass is 631 g/mol. The summed E-state index contributed by atoms with van der Waals surface area (Å²) in [6.45, 7) is 14.2. The van der Waals surface area contributed by atoms with Gasteiger partial charge in [-0.25, -0.2) is 0 Å². The Hall–Kier alpha value is -1.30. The smallest absolute Gasteiger partial charge is 0.176 e. The van der Waals surface area contributed by atoms with Crippen LogP contribution in [0, 0.1) is 0 Å². The molecule has 262 valence electrons. The number of fused-ring (bicyclic) bond motifs is 8. The molecule has 2 heterocycles. The quantitative estimate of drug-likeness (QED) is 0.0680. The van der Waals surface area contributed by atoms with E-state index >= 15 is 0 Å². The Balaban J connectivity index is 1.73. The van der Waals surface area contributed by atoms with Crippen LogP contribution in [0.5, 0.6) is 11.5 Å². The van der Waals surface area contributed by atoms with Crippen LogP contribution in [-0.2, 0) is 4.74 Å². The molecule has 2 unspecified atom stereocenters. The van der Waals surface area contributed by atoms with Crippen LogP contribution in [0.4, 0.5) is 0 Å². The molecule has 5 heteroatoms. The molecule has 0 aromatic heterocycles. The molecule has 2 atom stereocenters. The van der Waals surface area contributed by atoms with E-state index in [2.05, 4.69) is 61.8 Å². The summed E-state index contributed by atoms with van der Waals surface area (Å²) in [5, 5.41) is 0. The topological polar surface area (TPSA) is 34.2 Å². The Labute approximate surface area is 280 Å². The third-order valence-corrected chi connectivity index (χ3v) is 9.61. The van der Waals surface area contributed by atoms with Crippen LogP contribution >= 0.6 is 0 Å². The molecule has 0 fully saturated rings. The fraction of sp³-hybridized carbons (Fsp3) is 0.850. The van der Waals surface area contributed by atoms with Crippen molar-refractivity contribution < 1.29 is 14.2 Å². The van der Waals surface area contributed by atoms with Gasteiger partial charge in [-0.3, -0.25) is 9.80 Å². The molecular formula is C40H74N2O3. The van der Waals surface area contributed by atoms with E-state index in [1.54, 1.807) is 0 Å². The molecule has 3 rings (SSSR count). The third-order valence-electron chi connectivity index (χ3n) is 9.61. The summed E-state index contributed by atoms with van der Waals surface area (Å²) in [6.07, 6.45) is 30.0. The second-order valence-corrected chi connectivity index (χ2v) is 13.5. The van der Waals surface area contributed by atoms with Crippen molar-refractivity contribution >= 4 is 0 Å². The molecule has 2 aliphatic heterocycles. The first-order chi connectivity index (χ1) is 22.2. The van der Waals surface area contributed by atoms with Gasteiger partial charge in [-0.1, -0.05) is 156 Å². The third kappa shape index (κ3) is 19.2. The summed E-state index contributed by atoms with van der Waals surface area (Å²) in [7, 11) is 0. The highest BCUT2D eigenvalue weighted by Crippen LogP contribution is 2.23. The van der Waals surface area contributed by atoms with Crippen LogP contribution in [0.1, 0.15) is 169 Å². The first-order valence-corrected chi connectivity index (χ1v) is 19.7. The fourth-order valence-corrected chi connectivity index (χ4v) is 6.58. The summed E-state index contributed by atoms with van der Waals surface area (Å²) in [5.41, 5.74) is 0. The highest BCUT2D eigenvalue weighted by Gasteiger charge is 2.24. The van der Waals surface area contributed by atoms with Crippen molar-refractivity contribution in [1.82, 2.24) is 9.80 Å². The predicted octanol–water partition coefficient (Wildman–Crippen LogP) is 11.4. The van der Waals surface area contributed by atoms with Crippen molar-refractivity contribution in [3.05, 3.63) is 24.3 Å². The Morgan fingerprint density at radius 1 is 0.444 bits per heavy atom. The van der Waals surface area contributed by atoms with Gasteiger partial charge in [0.1, 0.15) is 11.5 Å². The first-order valence-electron chi connectivity index (χ1n) is 19.7. The summed E-state index contributed by atoms with van der Waals surface area (Å²) in [4.78, 5) is 4.91. The van der Waals surface area contributed by atoms with E-state index in [4.69, 9.17) is 14.2 Å². The Morgan fingerprint density at radius 3 is 1.02 bits per heavy atom. The van der Waals surface area contributed by atoms with Gasteiger partial charge in [-0.2, -0.15) is 0 Å².